The third-order valence-corrected chi connectivity index (χ3v) is 4.48. The Morgan fingerprint density at radius 3 is 1.86 bits per heavy atom. The molecule has 0 saturated carbocycles. The van der Waals surface area contributed by atoms with E-state index in [-0.39, 0.29) is 5.38 Å². The number of rotatable bonds is 9. The predicted octanol–water partition coefficient (Wildman–Crippen LogP) is 5.79. The summed E-state index contributed by atoms with van der Waals surface area (Å²) in [7, 11) is 0. The van der Waals surface area contributed by atoms with E-state index in [0.29, 0.717) is 0 Å². The van der Waals surface area contributed by atoms with Gasteiger partial charge in [0.05, 0.1) is 5.38 Å². The molecule has 0 heterocycles. The highest BCUT2D eigenvalue weighted by Crippen LogP contribution is 2.29. The van der Waals surface area contributed by atoms with Gasteiger partial charge in [-0.25, -0.2) is 0 Å². The Kier molecular flexibility index (Phi) is 8.36. The second-order valence-electron chi connectivity index (χ2n) is 6.29. The highest BCUT2D eigenvalue weighted by atomic mass is 35.5. The van der Waals surface area contributed by atoms with Gasteiger partial charge < -0.3 is 4.90 Å². The Balaban J connectivity index is 2.78. The van der Waals surface area contributed by atoms with Crippen molar-refractivity contribution in [3.8, 4) is 0 Å². The fourth-order valence-electron chi connectivity index (χ4n) is 3.06. The van der Waals surface area contributed by atoms with Crippen LogP contribution in [0, 0.1) is 20.8 Å². The minimum atomic E-state index is 0.0966. The molecule has 1 unspecified atom stereocenters. The number of halogens is 1. The van der Waals surface area contributed by atoms with Crippen molar-refractivity contribution in [3.05, 3.63) is 34.4 Å². The third kappa shape index (κ3) is 6.00. The summed E-state index contributed by atoms with van der Waals surface area (Å²) >= 11 is 6.78. The van der Waals surface area contributed by atoms with Gasteiger partial charge in [-0.2, -0.15) is 0 Å². The van der Waals surface area contributed by atoms with Crippen molar-refractivity contribution in [1.82, 2.24) is 4.90 Å². The maximum atomic E-state index is 6.78. The molecule has 0 spiro atoms. The molecule has 0 aliphatic rings. The van der Waals surface area contributed by atoms with Gasteiger partial charge in [-0.1, -0.05) is 44.4 Å². The van der Waals surface area contributed by atoms with Gasteiger partial charge in [-0.05, 0) is 63.4 Å². The van der Waals surface area contributed by atoms with Gasteiger partial charge in [0.2, 0.25) is 0 Å². The van der Waals surface area contributed by atoms with Gasteiger partial charge >= 0.3 is 0 Å². The van der Waals surface area contributed by atoms with Crippen LogP contribution in [0.5, 0.6) is 0 Å². The molecule has 0 radical (unpaired) electrons. The van der Waals surface area contributed by atoms with Gasteiger partial charge in [0.25, 0.3) is 0 Å². The summed E-state index contributed by atoms with van der Waals surface area (Å²) in [5.41, 5.74) is 5.32. The second-order valence-corrected chi connectivity index (χ2v) is 6.81. The lowest BCUT2D eigenvalue weighted by Gasteiger charge is -2.26. The molecule has 0 aliphatic heterocycles. The number of benzene rings is 1. The lowest BCUT2D eigenvalue weighted by Crippen LogP contribution is -2.29. The predicted molar refractivity (Wildman–Crippen MR) is 95.5 cm³/mol. The minimum Gasteiger partial charge on any atom is -0.302 e. The van der Waals surface area contributed by atoms with Crippen LogP contribution >= 0.6 is 11.6 Å². The summed E-state index contributed by atoms with van der Waals surface area (Å²) in [6.07, 6.45) is 5.02. The summed E-state index contributed by atoms with van der Waals surface area (Å²) in [6, 6.07) is 4.50. The Bertz CT molecular complexity index is 397. The molecule has 21 heavy (non-hydrogen) atoms. The highest BCUT2D eigenvalue weighted by Gasteiger charge is 2.17. The zero-order chi connectivity index (χ0) is 15.8. The quantitative estimate of drug-likeness (QED) is 0.521. The van der Waals surface area contributed by atoms with Gasteiger partial charge in [-0.15, -0.1) is 11.6 Å². The Morgan fingerprint density at radius 1 is 0.952 bits per heavy atom. The smallest absolute Gasteiger partial charge is 0.0717 e. The average Bonchev–Trinajstić information content (AvgIpc) is 2.40. The maximum absolute atomic E-state index is 6.78. The van der Waals surface area contributed by atoms with Crippen LogP contribution in [-0.2, 0) is 0 Å². The van der Waals surface area contributed by atoms with E-state index in [4.69, 9.17) is 11.6 Å². The first-order valence-corrected chi connectivity index (χ1v) is 8.87. The van der Waals surface area contributed by atoms with Crippen molar-refractivity contribution in [3.63, 3.8) is 0 Å². The summed E-state index contributed by atoms with van der Waals surface area (Å²) in [6.45, 7) is 14.3. The van der Waals surface area contributed by atoms with Crippen molar-refractivity contribution in [2.45, 2.75) is 65.7 Å². The van der Waals surface area contributed by atoms with E-state index in [1.54, 1.807) is 0 Å². The van der Waals surface area contributed by atoms with E-state index in [2.05, 4.69) is 51.7 Å². The first kappa shape index (κ1) is 18.5. The molecule has 1 nitrogen and oxygen atoms in total. The molecule has 1 aromatic rings. The number of alkyl halides is 1. The van der Waals surface area contributed by atoms with Crippen LogP contribution in [-0.4, -0.2) is 24.5 Å². The molecule has 1 atom stereocenters. The monoisotopic (exact) mass is 309 g/mol. The lowest BCUT2D eigenvalue weighted by molar-refractivity contribution is 0.265. The van der Waals surface area contributed by atoms with Crippen LogP contribution in [0.1, 0.15) is 67.2 Å². The van der Waals surface area contributed by atoms with Gasteiger partial charge in [0, 0.05) is 6.54 Å². The van der Waals surface area contributed by atoms with Crippen molar-refractivity contribution in [1.29, 1.82) is 0 Å². The number of nitrogens with zero attached hydrogens (tertiary/aromatic N) is 1. The van der Waals surface area contributed by atoms with Crippen molar-refractivity contribution >= 4 is 11.6 Å². The summed E-state index contributed by atoms with van der Waals surface area (Å²) in [4.78, 5) is 2.55. The van der Waals surface area contributed by atoms with E-state index in [1.807, 2.05) is 0 Å². The van der Waals surface area contributed by atoms with Gasteiger partial charge in [0.1, 0.15) is 0 Å². The topological polar surface area (TPSA) is 3.24 Å². The first-order valence-electron chi connectivity index (χ1n) is 8.43. The van der Waals surface area contributed by atoms with Crippen molar-refractivity contribution < 1.29 is 0 Å². The zero-order valence-electron chi connectivity index (χ0n) is 14.5. The molecule has 120 valence electrons. The molecule has 2 heteroatoms. The summed E-state index contributed by atoms with van der Waals surface area (Å²) in [5.74, 6) is 0. The third-order valence-electron chi connectivity index (χ3n) is 4.13. The van der Waals surface area contributed by atoms with E-state index < -0.39 is 0 Å². The minimum absolute atomic E-state index is 0.0966. The molecule has 0 saturated heterocycles. The molecule has 0 bridgehead atoms. The number of hydrogen-bond acceptors (Lipinski definition) is 1. The van der Waals surface area contributed by atoms with Crippen LogP contribution in [0.4, 0.5) is 0 Å². The largest absolute Gasteiger partial charge is 0.302 e. The van der Waals surface area contributed by atoms with E-state index >= 15 is 0 Å². The van der Waals surface area contributed by atoms with Gasteiger partial charge in [0.15, 0.2) is 0 Å². The molecule has 0 aliphatic carbocycles. The van der Waals surface area contributed by atoms with E-state index in [9.17, 15) is 0 Å². The van der Waals surface area contributed by atoms with Crippen molar-refractivity contribution in [2.24, 2.45) is 0 Å². The molecule has 0 amide bonds. The summed E-state index contributed by atoms with van der Waals surface area (Å²) in [5, 5.41) is 0.0966. The number of aryl methyl sites for hydroxylation is 3. The second kappa shape index (κ2) is 9.48. The Labute approximate surface area is 136 Å². The average molecular weight is 310 g/mol. The molecule has 0 aromatic heterocycles. The zero-order valence-corrected chi connectivity index (χ0v) is 15.3. The molecular formula is C19H32ClN. The molecule has 0 fully saturated rings. The highest BCUT2D eigenvalue weighted by molar-refractivity contribution is 6.21. The Morgan fingerprint density at radius 2 is 1.43 bits per heavy atom. The van der Waals surface area contributed by atoms with Gasteiger partial charge in [-0.3, -0.25) is 0 Å². The van der Waals surface area contributed by atoms with Crippen molar-refractivity contribution in [2.75, 3.05) is 19.6 Å². The van der Waals surface area contributed by atoms with E-state index in [1.165, 1.54) is 61.0 Å². The molecular weight excluding hydrogens is 278 g/mol. The molecule has 0 N–H and O–H groups in total. The fraction of sp³-hybridized carbons (Fsp3) is 0.684. The standard InChI is InChI=1S/C19H32ClN/c1-6-8-10-21(11-9-7-2)14-18(20)19-16(4)12-15(3)13-17(19)5/h12-13,18H,6-11,14H2,1-5H3. The molecule has 1 rings (SSSR count). The summed E-state index contributed by atoms with van der Waals surface area (Å²) < 4.78 is 0. The Hall–Kier alpha value is -0.530. The fourth-order valence-corrected chi connectivity index (χ4v) is 3.60. The first-order chi connectivity index (χ1) is 9.99. The van der Waals surface area contributed by atoms with Crippen LogP contribution in [0.2, 0.25) is 0 Å². The van der Waals surface area contributed by atoms with E-state index in [0.717, 1.165) is 6.54 Å². The lowest BCUT2D eigenvalue weighted by atomic mass is 9.97. The van der Waals surface area contributed by atoms with Crippen LogP contribution in [0.25, 0.3) is 0 Å². The normalized spacial score (nSPS) is 12.9. The van der Waals surface area contributed by atoms with Crippen LogP contribution in [0.15, 0.2) is 12.1 Å². The SMILES string of the molecule is CCCCN(CCCC)CC(Cl)c1c(C)cc(C)cc1C. The maximum Gasteiger partial charge on any atom is 0.0717 e. The van der Waals surface area contributed by atoms with Crippen LogP contribution in [0.3, 0.4) is 0 Å². The molecule has 1 aromatic carbocycles. The van der Waals surface area contributed by atoms with Crippen LogP contribution < -0.4 is 0 Å². The number of unbranched alkanes of at least 4 members (excludes halogenated alkanes) is 2. The number of hydrogen-bond donors (Lipinski definition) is 0.